The smallest absolute Gasteiger partial charge is 0.00212 e. The Labute approximate surface area is 148 Å². The van der Waals surface area contributed by atoms with Gasteiger partial charge < -0.3 is 0 Å². The van der Waals surface area contributed by atoms with Gasteiger partial charge in [-0.3, -0.25) is 0 Å². The van der Waals surface area contributed by atoms with Crippen LogP contribution in [-0.4, -0.2) is 0 Å². The molecule has 0 heteroatoms. The maximum Gasteiger partial charge on any atom is -0.00212 e. The monoisotopic (exact) mass is 320 g/mol. The zero-order chi connectivity index (χ0) is 17.4. The number of rotatable bonds is 4. The van der Waals surface area contributed by atoms with E-state index < -0.39 is 0 Å². The normalized spacial score (nSPS) is 27.4. The van der Waals surface area contributed by atoms with E-state index in [-0.39, 0.29) is 10.8 Å². The van der Waals surface area contributed by atoms with Crippen LogP contribution in [0.4, 0.5) is 0 Å². The highest BCUT2D eigenvalue weighted by molar-refractivity contribution is 5.35. The first kappa shape index (κ1) is 17.3. The molecule has 0 bridgehead atoms. The van der Waals surface area contributed by atoms with Gasteiger partial charge >= 0.3 is 0 Å². The molecule has 128 valence electrons. The summed E-state index contributed by atoms with van der Waals surface area (Å²) in [5.41, 5.74) is 5.25. The minimum atomic E-state index is 0.195. The highest BCUT2D eigenvalue weighted by atomic mass is 14.5. The van der Waals surface area contributed by atoms with Gasteiger partial charge in [0.15, 0.2) is 0 Å². The van der Waals surface area contributed by atoms with E-state index in [0.29, 0.717) is 5.41 Å². The fraction of sp³-hybridized carbons (Fsp3) is 0.500. The van der Waals surface area contributed by atoms with E-state index >= 15 is 0 Å². The quantitative estimate of drug-likeness (QED) is 0.580. The molecule has 3 rings (SSSR count). The molecular formula is C24H32. The lowest BCUT2D eigenvalue weighted by Gasteiger charge is -2.46. The Hall–Kier alpha value is -1.56. The zero-order valence-corrected chi connectivity index (χ0v) is 16.0. The molecule has 1 aliphatic carbocycles. The molecule has 0 amide bonds. The summed E-state index contributed by atoms with van der Waals surface area (Å²) in [6.07, 6.45) is 5.20. The Kier molecular flexibility index (Phi) is 4.36. The van der Waals surface area contributed by atoms with E-state index in [4.69, 9.17) is 0 Å². The summed E-state index contributed by atoms with van der Waals surface area (Å²) >= 11 is 0. The summed E-state index contributed by atoms with van der Waals surface area (Å²) in [5, 5.41) is 0. The molecule has 24 heavy (non-hydrogen) atoms. The van der Waals surface area contributed by atoms with Crippen LogP contribution in [0, 0.1) is 12.3 Å². The number of hydrogen-bond acceptors (Lipinski definition) is 0. The Morgan fingerprint density at radius 2 is 1.50 bits per heavy atom. The van der Waals surface area contributed by atoms with Crippen molar-refractivity contribution in [2.75, 3.05) is 0 Å². The summed E-state index contributed by atoms with van der Waals surface area (Å²) in [6, 6.07) is 20.1. The first-order valence-corrected chi connectivity index (χ1v) is 9.40. The molecule has 1 saturated carbocycles. The third kappa shape index (κ3) is 2.81. The Bertz CT molecular complexity index is 697. The molecule has 1 aliphatic rings. The highest BCUT2D eigenvalue weighted by Crippen LogP contribution is 2.58. The predicted octanol–water partition coefficient (Wildman–Crippen LogP) is 6.81. The molecule has 0 nitrogen and oxygen atoms in total. The Morgan fingerprint density at radius 1 is 0.875 bits per heavy atom. The number of aryl methyl sites for hydroxylation is 1. The van der Waals surface area contributed by atoms with E-state index in [9.17, 15) is 0 Å². The fourth-order valence-corrected chi connectivity index (χ4v) is 5.39. The average Bonchev–Trinajstić information content (AvgIpc) is 2.84. The molecule has 2 atom stereocenters. The number of benzene rings is 2. The van der Waals surface area contributed by atoms with E-state index in [1.165, 1.54) is 42.4 Å². The minimum Gasteiger partial charge on any atom is -0.0622 e. The lowest BCUT2D eigenvalue weighted by Crippen LogP contribution is -2.41. The largest absolute Gasteiger partial charge is 0.0622 e. The lowest BCUT2D eigenvalue weighted by atomic mass is 9.57. The SMILES string of the molecule is Cc1ccccc1C(C)(C)C[C@]1(C)CCC[C@]1(C)c1ccccc1. The zero-order valence-electron chi connectivity index (χ0n) is 16.0. The third-order valence-corrected chi connectivity index (χ3v) is 6.85. The lowest BCUT2D eigenvalue weighted by molar-refractivity contribution is 0.141. The third-order valence-electron chi connectivity index (χ3n) is 6.85. The Balaban J connectivity index is 1.97. The van der Waals surface area contributed by atoms with Gasteiger partial charge in [-0.25, -0.2) is 0 Å². The van der Waals surface area contributed by atoms with E-state index in [2.05, 4.69) is 89.2 Å². The van der Waals surface area contributed by atoms with Gasteiger partial charge in [-0.2, -0.15) is 0 Å². The van der Waals surface area contributed by atoms with Crippen molar-refractivity contribution in [1.82, 2.24) is 0 Å². The van der Waals surface area contributed by atoms with Gasteiger partial charge in [-0.05, 0) is 59.1 Å². The van der Waals surface area contributed by atoms with Crippen molar-refractivity contribution >= 4 is 0 Å². The van der Waals surface area contributed by atoms with Crippen molar-refractivity contribution in [3.05, 3.63) is 71.3 Å². The fourth-order valence-electron chi connectivity index (χ4n) is 5.39. The van der Waals surface area contributed by atoms with E-state index in [0.717, 1.165) is 0 Å². The minimum absolute atomic E-state index is 0.195. The molecule has 1 fully saturated rings. The molecule has 0 spiro atoms. The molecule has 2 aromatic rings. The summed E-state index contributed by atoms with van der Waals surface area (Å²) in [6.45, 7) is 12.2. The van der Waals surface area contributed by atoms with Gasteiger partial charge in [0.05, 0.1) is 0 Å². The van der Waals surface area contributed by atoms with Crippen LogP contribution in [-0.2, 0) is 10.8 Å². The summed E-state index contributed by atoms with van der Waals surface area (Å²) < 4.78 is 0. The molecule has 2 aromatic carbocycles. The molecule has 0 aromatic heterocycles. The van der Waals surface area contributed by atoms with Gasteiger partial charge in [-0.1, -0.05) is 88.7 Å². The molecular weight excluding hydrogens is 288 g/mol. The second kappa shape index (κ2) is 6.06. The van der Waals surface area contributed by atoms with Gasteiger partial charge in [0.2, 0.25) is 0 Å². The summed E-state index contributed by atoms with van der Waals surface area (Å²) in [7, 11) is 0. The molecule has 0 saturated heterocycles. The number of hydrogen-bond donors (Lipinski definition) is 0. The molecule has 0 unspecified atom stereocenters. The summed E-state index contributed by atoms with van der Waals surface area (Å²) in [5.74, 6) is 0. The van der Waals surface area contributed by atoms with Crippen LogP contribution in [0.3, 0.4) is 0 Å². The standard InChI is InChI=1S/C24H32/c1-19-12-9-10-15-21(19)22(2,3)18-23(4)16-11-17-24(23,5)20-13-7-6-8-14-20/h6-10,12-15H,11,16-18H2,1-5H3/t23-,24+/m0/s1. The van der Waals surface area contributed by atoms with Crippen LogP contribution < -0.4 is 0 Å². The Morgan fingerprint density at radius 3 is 2.17 bits per heavy atom. The highest BCUT2D eigenvalue weighted by Gasteiger charge is 2.51. The first-order valence-electron chi connectivity index (χ1n) is 9.40. The van der Waals surface area contributed by atoms with Gasteiger partial charge in [0.25, 0.3) is 0 Å². The van der Waals surface area contributed by atoms with Crippen LogP contribution >= 0.6 is 0 Å². The molecule has 0 N–H and O–H groups in total. The van der Waals surface area contributed by atoms with Gasteiger partial charge in [-0.15, -0.1) is 0 Å². The van der Waals surface area contributed by atoms with Crippen molar-refractivity contribution in [3.8, 4) is 0 Å². The topological polar surface area (TPSA) is 0 Å². The first-order chi connectivity index (χ1) is 11.3. The second-order valence-electron chi connectivity index (χ2n) is 8.99. The predicted molar refractivity (Wildman–Crippen MR) is 105 cm³/mol. The van der Waals surface area contributed by atoms with Crippen LogP contribution in [0.2, 0.25) is 0 Å². The van der Waals surface area contributed by atoms with Crippen LogP contribution in [0.15, 0.2) is 54.6 Å². The van der Waals surface area contributed by atoms with Crippen molar-refractivity contribution in [2.45, 2.75) is 71.1 Å². The van der Waals surface area contributed by atoms with Crippen LogP contribution in [0.1, 0.15) is 70.1 Å². The maximum absolute atomic E-state index is 2.53. The summed E-state index contributed by atoms with van der Waals surface area (Å²) in [4.78, 5) is 0. The van der Waals surface area contributed by atoms with E-state index in [1.54, 1.807) is 0 Å². The van der Waals surface area contributed by atoms with Crippen LogP contribution in [0.5, 0.6) is 0 Å². The van der Waals surface area contributed by atoms with Gasteiger partial charge in [0.1, 0.15) is 0 Å². The molecule has 0 heterocycles. The molecule has 0 aliphatic heterocycles. The van der Waals surface area contributed by atoms with Crippen molar-refractivity contribution in [3.63, 3.8) is 0 Å². The average molecular weight is 321 g/mol. The van der Waals surface area contributed by atoms with Crippen LogP contribution in [0.25, 0.3) is 0 Å². The van der Waals surface area contributed by atoms with Gasteiger partial charge in [0, 0.05) is 0 Å². The second-order valence-corrected chi connectivity index (χ2v) is 8.99. The van der Waals surface area contributed by atoms with Crippen molar-refractivity contribution < 1.29 is 0 Å². The van der Waals surface area contributed by atoms with Crippen molar-refractivity contribution in [2.24, 2.45) is 5.41 Å². The molecule has 0 radical (unpaired) electrons. The maximum atomic E-state index is 2.53. The van der Waals surface area contributed by atoms with Crippen molar-refractivity contribution in [1.29, 1.82) is 0 Å². The van der Waals surface area contributed by atoms with E-state index in [1.807, 2.05) is 0 Å².